The van der Waals surface area contributed by atoms with Gasteiger partial charge in [0.2, 0.25) is 5.43 Å². The van der Waals surface area contributed by atoms with Crippen LogP contribution in [0.1, 0.15) is 40.4 Å². The van der Waals surface area contributed by atoms with Crippen LogP contribution in [0.5, 0.6) is 5.75 Å². The van der Waals surface area contributed by atoms with Crippen LogP contribution in [0.2, 0.25) is 0 Å². The Balaban J connectivity index is 1.78. The molecule has 148 valence electrons. The number of rotatable bonds is 4. The van der Waals surface area contributed by atoms with Gasteiger partial charge in [-0.3, -0.25) is 9.69 Å². The highest BCUT2D eigenvalue weighted by molar-refractivity contribution is 5.97. The van der Waals surface area contributed by atoms with Crippen molar-refractivity contribution < 1.29 is 14.6 Å². The molecule has 1 aliphatic heterocycles. The van der Waals surface area contributed by atoms with Crippen LogP contribution in [-0.4, -0.2) is 34.7 Å². The number of hydrogen-bond donors (Lipinski definition) is 1. The summed E-state index contributed by atoms with van der Waals surface area (Å²) < 4.78 is 7.73. The molecule has 0 atom stereocenters. The average molecular weight is 390 g/mol. The smallest absolute Gasteiger partial charge is 0.341 e. The zero-order valence-corrected chi connectivity index (χ0v) is 16.4. The largest absolute Gasteiger partial charge is 0.494 e. The Bertz CT molecular complexity index is 1220. The lowest BCUT2D eigenvalue weighted by molar-refractivity contribution is 0.0695. The van der Waals surface area contributed by atoms with Crippen LogP contribution in [0.25, 0.3) is 22.0 Å². The van der Waals surface area contributed by atoms with Gasteiger partial charge >= 0.3 is 5.97 Å². The summed E-state index contributed by atoms with van der Waals surface area (Å²) in [5.41, 5.74) is 4.60. The van der Waals surface area contributed by atoms with Gasteiger partial charge in [0.05, 0.1) is 18.0 Å². The fourth-order valence-corrected chi connectivity index (χ4v) is 4.38. The standard InChI is InChI=1S/C23H22N2O4/c1-24-10-14-4-3-13(9-15(14)11-24)17-7-8-18-20(22(17)29-2)25(16-5-6-16)12-19(21(18)26)23(27)28/h3-4,7-9,12,16H,5-6,10-11H2,1-2H3,(H,27,28). The molecule has 0 unspecified atom stereocenters. The molecule has 1 aliphatic carbocycles. The molecule has 5 rings (SSSR count). The van der Waals surface area contributed by atoms with Crippen LogP contribution in [0.15, 0.2) is 41.3 Å². The van der Waals surface area contributed by atoms with Gasteiger partial charge in [0.1, 0.15) is 5.56 Å². The summed E-state index contributed by atoms with van der Waals surface area (Å²) in [5, 5.41) is 9.86. The van der Waals surface area contributed by atoms with Crippen molar-refractivity contribution in [3.63, 3.8) is 0 Å². The van der Waals surface area contributed by atoms with Crippen LogP contribution in [0.3, 0.4) is 0 Å². The van der Waals surface area contributed by atoms with Gasteiger partial charge < -0.3 is 14.4 Å². The highest BCUT2D eigenvalue weighted by Crippen LogP contribution is 2.43. The molecule has 0 spiro atoms. The second-order valence-corrected chi connectivity index (χ2v) is 8.01. The number of carboxylic acids is 1. The van der Waals surface area contributed by atoms with Gasteiger partial charge in [-0.1, -0.05) is 12.1 Å². The maximum Gasteiger partial charge on any atom is 0.341 e. The maximum absolute atomic E-state index is 12.8. The van der Waals surface area contributed by atoms with Gasteiger partial charge in [0.15, 0.2) is 5.75 Å². The van der Waals surface area contributed by atoms with E-state index in [0.717, 1.165) is 37.1 Å². The van der Waals surface area contributed by atoms with Gasteiger partial charge in [-0.15, -0.1) is 0 Å². The van der Waals surface area contributed by atoms with Crippen molar-refractivity contribution in [2.24, 2.45) is 0 Å². The Morgan fingerprint density at radius 2 is 1.90 bits per heavy atom. The van der Waals surface area contributed by atoms with E-state index in [4.69, 9.17) is 4.74 Å². The molecule has 2 aliphatic rings. The van der Waals surface area contributed by atoms with Gasteiger partial charge in [0.25, 0.3) is 0 Å². The van der Waals surface area contributed by atoms with E-state index in [9.17, 15) is 14.7 Å². The summed E-state index contributed by atoms with van der Waals surface area (Å²) in [7, 11) is 3.71. The molecule has 0 bridgehead atoms. The third-order valence-corrected chi connectivity index (χ3v) is 5.92. The first-order valence-corrected chi connectivity index (χ1v) is 9.77. The van der Waals surface area contributed by atoms with E-state index in [1.807, 2.05) is 10.6 Å². The normalized spacial score (nSPS) is 16.2. The molecule has 1 N–H and O–H groups in total. The lowest BCUT2D eigenvalue weighted by Gasteiger charge is -2.18. The molecular weight excluding hydrogens is 368 g/mol. The predicted molar refractivity (Wildman–Crippen MR) is 111 cm³/mol. The number of aromatic carboxylic acids is 1. The van der Waals surface area contributed by atoms with Gasteiger partial charge in [-0.2, -0.15) is 0 Å². The fraction of sp³-hybridized carbons (Fsp3) is 0.304. The van der Waals surface area contributed by atoms with Crippen LogP contribution in [-0.2, 0) is 13.1 Å². The number of benzene rings is 2. The van der Waals surface area contributed by atoms with Crippen molar-refractivity contribution in [3.05, 3.63) is 63.4 Å². The summed E-state index contributed by atoms with van der Waals surface area (Å²) >= 11 is 0. The van der Waals surface area contributed by atoms with Crippen molar-refractivity contribution in [1.82, 2.24) is 9.47 Å². The quantitative estimate of drug-likeness (QED) is 0.736. The Kier molecular flexibility index (Phi) is 3.99. The topological polar surface area (TPSA) is 71.8 Å². The number of aromatic nitrogens is 1. The van der Waals surface area contributed by atoms with Crippen LogP contribution >= 0.6 is 0 Å². The molecule has 29 heavy (non-hydrogen) atoms. The first-order valence-electron chi connectivity index (χ1n) is 9.77. The molecule has 1 aromatic heterocycles. The average Bonchev–Trinajstić information content (AvgIpc) is 3.47. The Hall–Kier alpha value is -3.12. The van der Waals surface area contributed by atoms with E-state index in [-0.39, 0.29) is 11.6 Å². The predicted octanol–water partition coefficient (Wildman–Crippen LogP) is 3.66. The Morgan fingerprint density at radius 1 is 1.14 bits per heavy atom. The molecule has 2 heterocycles. The SMILES string of the molecule is COc1c(-c2ccc3c(c2)CN(C)C3)ccc2c(=O)c(C(=O)O)cn(C3CC3)c12. The van der Waals surface area contributed by atoms with E-state index in [1.165, 1.54) is 17.3 Å². The molecule has 6 nitrogen and oxygen atoms in total. The van der Waals surface area contributed by atoms with Gasteiger partial charge in [0, 0.05) is 30.9 Å². The second-order valence-electron chi connectivity index (χ2n) is 8.01. The molecule has 3 aromatic rings. The molecule has 6 heteroatoms. The number of carbonyl (C=O) groups is 1. The van der Waals surface area contributed by atoms with E-state index in [0.29, 0.717) is 16.7 Å². The number of carboxylic acid groups (broad SMARTS) is 1. The van der Waals surface area contributed by atoms with E-state index < -0.39 is 11.4 Å². The van der Waals surface area contributed by atoms with Crippen molar-refractivity contribution >= 4 is 16.9 Å². The monoisotopic (exact) mass is 390 g/mol. The number of nitrogens with zero attached hydrogens (tertiary/aromatic N) is 2. The Morgan fingerprint density at radius 3 is 2.59 bits per heavy atom. The lowest BCUT2D eigenvalue weighted by Crippen LogP contribution is -2.19. The third kappa shape index (κ3) is 2.83. The number of ether oxygens (including phenoxy) is 1. The van der Waals surface area contributed by atoms with Crippen molar-refractivity contribution in [2.75, 3.05) is 14.2 Å². The summed E-state index contributed by atoms with van der Waals surface area (Å²) in [4.78, 5) is 26.7. The van der Waals surface area contributed by atoms with Crippen LogP contribution in [0, 0.1) is 0 Å². The zero-order chi connectivity index (χ0) is 20.3. The molecule has 1 fully saturated rings. The minimum absolute atomic E-state index is 0.195. The molecular formula is C23H22N2O4. The molecule has 1 saturated carbocycles. The zero-order valence-electron chi connectivity index (χ0n) is 16.4. The number of fused-ring (bicyclic) bond motifs is 2. The second kappa shape index (κ2) is 6.46. The Labute approximate surface area is 167 Å². The maximum atomic E-state index is 12.8. The molecule has 2 aromatic carbocycles. The highest BCUT2D eigenvalue weighted by atomic mass is 16.5. The van der Waals surface area contributed by atoms with E-state index in [2.05, 4.69) is 30.1 Å². The number of pyridine rings is 1. The summed E-state index contributed by atoms with van der Waals surface area (Å²) in [6.07, 6.45) is 3.42. The first kappa shape index (κ1) is 17.9. The van der Waals surface area contributed by atoms with E-state index in [1.54, 1.807) is 13.2 Å². The fourth-order valence-electron chi connectivity index (χ4n) is 4.38. The molecule has 0 radical (unpaired) electrons. The number of methoxy groups -OCH3 is 1. The van der Waals surface area contributed by atoms with Crippen molar-refractivity contribution in [1.29, 1.82) is 0 Å². The summed E-state index contributed by atoms with van der Waals surface area (Å²) in [6.45, 7) is 1.86. The van der Waals surface area contributed by atoms with Crippen molar-refractivity contribution in [3.8, 4) is 16.9 Å². The summed E-state index contributed by atoms with van der Waals surface area (Å²) in [6, 6.07) is 10.2. The lowest BCUT2D eigenvalue weighted by atomic mass is 9.97. The molecule has 0 amide bonds. The summed E-state index contributed by atoms with van der Waals surface area (Å²) in [5.74, 6) is -0.577. The van der Waals surface area contributed by atoms with Gasteiger partial charge in [-0.25, -0.2) is 4.79 Å². The minimum Gasteiger partial charge on any atom is -0.494 e. The van der Waals surface area contributed by atoms with E-state index >= 15 is 0 Å². The third-order valence-electron chi connectivity index (χ3n) is 5.92. The first-order chi connectivity index (χ1) is 14.0. The number of hydrogen-bond acceptors (Lipinski definition) is 4. The van der Waals surface area contributed by atoms with Crippen LogP contribution in [0.4, 0.5) is 0 Å². The minimum atomic E-state index is -1.20. The highest BCUT2D eigenvalue weighted by Gasteiger charge is 2.29. The van der Waals surface area contributed by atoms with Crippen molar-refractivity contribution in [2.45, 2.75) is 32.0 Å². The molecule has 0 saturated heterocycles. The van der Waals surface area contributed by atoms with Gasteiger partial charge in [-0.05, 0) is 54.8 Å². The van der Waals surface area contributed by atoms with Crippen LogP contribution < -0.4 is 10.2 Å².